The van der Waals surface area contributed by atoms with Gasteiger partial charge in [0, 0.05) is 11.1 Å². The Morgan fingerprint density at radius 3 is 2.43 bits per heavy atom. The minimum atomic E-state index is -1.08. The Kier molecular flexibility index (Phi) is 5.78. The van der Waals surface area contributed by atoms with Crippen molar-refractivity contribution < 1.29 is 29.2 Å². The molecular weight excluding hydrogens is 360 g/mol. The maximum absolute atomic E-state index is 10.4. The first kappa shape index (κ1) is 19.5. The van der Waals surface area contributed by atoms with Gasteiger partial charge in [-0.05, 0) is 25.0 Å². The Labute approximate surface area is 164 Å². The highest BCUT2D eigenvalue weighted by Gasteiger charge is 2.48. The molecule has 4 rings (SSSR count). The van der Waals surface area contributed by atoms with Gasteiger partial charge in [-0.25, -0.2) is 0 Å². The summed E-state index contributed by atoms with van der Waals surface area (Å²) >= 11 is 0. The fourth-order valence-corrected chi connectivity index (χ4v) is 3.63. The summed E-state index contributed by atoms with van der Waals surface area (Å²) in [6.07, 6.45) is -4.01. The van der Waals surface area contributed by atoms with Gasteiger partial charge in [0.1, 0.15) is 24.4 Å². The fraction of sp³-hybridized carbons (Fsp3) is 0.455. The van der Waals surface area contributed by atoms with E-state index in [0.29, 0.717) is 6.61 Å². The molecule has 2 heterocycles. The van der Waals surface area contributed by atoms with Crippen molar-refractivity contribution in [2.75, 3.05) is 13.2 Å². The quantitative estimate of drug-likeness (QED) is 0.841. The predicted molar refractivity (Wildman–Crippen MR) is 102 cm³/mol. The molecule has 0 saturated carbocycles. The van der Waals surface area contributed by atoms with Crippen LogP contribution in [-0.2, 0) is 18.9 Å². The van der Waals surface area contributed by atoms with Crippen LogP contribution in [0.5, 0.6) is 0 Å². The van der Waals surface area contributed by atoms with E-state index < -0.39 is 43.6 Å². The summed E-state index contributed by atoms with van der Waals surface area (Å²) in [6, 6.07) is 15.6. The van der Waals surface area contributed by atoms with E-state index in [9.17, 15) is 10.2 Å². The van der Waals surface area contributed by atoms with Crippen molar-refractivity contribution in [3.63, 3.8) is 0 Å². The van der Waals surface area contributed by atoms with Gasteiger partial charge in [-0.3, -0.25) is 0 Å². The van der Waals surface area contributed by atoms with Crippen LogP contribution < -0.4 is 0 Å². The van der Waals surface area contributed by atoms with E-state index in [1.165, 1.54) is 5.56 Å². The molecule has 2 fully saturated rings. The number of benzene rings is 2. The van der Waals surface area contributed by atoms with Crippen molar-refractivity contribution in [1.82, 2.24) is 0 Å². The van der Waals surface area contributed by atoms with Crippen molar-refractivity contribution in [2.45, 2.75) is 50.8 Å². The van der Waals surface area contributed by atoms with Crippen molar-refractivity contribution in [2.24, 2.45) is 0 Å². The van der Waals surface area contributed by atoms with Gasteiger partial charge >= 0.3 is 0 Å². The number of aryl methyl sites for hydroxylation is 2. The fourth-order valence-electron chi connectivity index (χ4n) is 3.63. The summed E-state index contributed by atoms with van der Waals surface area (Å²) in [5.41, 5.74) is 4.06. The van der Waals surface area contributed by atoms with Gasteiger partial charge in [-0.15, -0.1) is 0 Å². The SMILES string of the molecule is Cc1ccc(C2OC3COC(c4ccccc4)OC3C(C(O)CO)O2)cc1C. The third-order valence-corrected chi connectivity index (χ3v) is 5.40. The van der Waals surface area contributed by atoms with Gasteiger partial charge in [-0.1, -0.05) is 48.5 Å². The van der Waals surface area contributed by atoms with Gasteiger partial charge in [-0.2, -0.15) is 0 Å². The smallest absolute Gasteiger partial charge is 0.184 e. The zero-order valence-corrected chi connectivity index (χ0v) is 16.0. The normalized spacial score (nSPS) is 31.2. The summed E-state index contributed by atoms with van der Waals surface area (Å²) in [5, 5.41) is 19.9. The monoisotopic (exact) mass is 386 g/mol. The van der Waals surface area contributed by atoms with Crippen molar-refractivity contribution in [3.05, 3.63) is 70.8 Å². The minimum absolute atomic E-state index is 0.309. The lowest BCUT2D eigenvalue weighted by atomic mass is 9.99. The maximum atomic E-state index is 10.4. The Morgan fingerprint density at radius 2 is 1.71 bits per heavy atom. The number of ether oxygens (including phenoxy) is 4. The van der Waals surface area contributed by atoms with Crippen molar-refractivity contribution in [3.8, 4) is 0 Å². The number of hydrogen-bond donors (Lipinski definition) is 2. The third-order valence-electron chi connectivity index (χ3n) is 5.40. The van der Waals surface area contributed by atoms with Gasteiger partial charge < -0.3 is 29.2 Å². The van der Waals surface area contributed by atoms with Crippen molar-refractivity contribution in [1.29, 1.82) is 0 Å². The largest absolute Gasteiger partial charge is 0.394 e. The Balaban J connectivity index is 1.57. The van der Waals surface area contributed by atoms with Crippen molar-refractivity contribution >= 4 is 0 Å². The highest BCUT2D eigenvalue weighted by atomic mass is 16.8. The molecule has 0 aliphatic carbocycles. The maximum Gasteiger partial charge on any atom is 0.184 e. The first-order valence-electron chi connectivity index (χ1n) is 9.56. The van der Waals surface area contributed by atoms with Gasteiger partial charge in [0.2, 0.25) is 0 Å². The molecule has 28 heavy (non-hydrogen) atoms. The average Bonchev–Trinajstić information content (AvgIpc) is 2.74. The Hall–Kier alpha value is -1.80. The van der Waals surface area contributed by atoms with Gasteiger partial charge in [0.05, 0.1) is 13.2 Å². The zero-order valence-electron chi connectivity index (χ0n) is 16.0. The second-order valence-electron chi connectivity index (χ2n) is 7.38. The predicted octanol–water partition coefficient (Wildman–Crippen LogP) is 2.55. The lowest BCUT2D eigenvalue weighted by Gasteiger charge is -2.47. The molecule has 0 amide bonds. The minimum Gasteiger partial charge on any atom is -0.394 e. The lowest BCUT2D eigenvalue weighted by Crippen LogP contribution is -2.58. The lowest BCUT2D eigenvalue weighted by molar-refractivity contribution is -0.373. The number of aliphatic hydroxyl groups excluding tert-OH is 2. The van der Waals surface area contributed by atoms with E-state index >= 15 is 0 Å². The van der Waals surface area contributed by atoms with E-state index in [-0.39, 0.29) is 0 Å². The molecule has 6 nitrogen and oxygen atoms in total. The molecule has 2 N–H and O–H groups in total. The van der Waals surface area contributed by atoms with E-state index in [4.69, 9.17) is 18.9 Å². The molecule has 6 unspecified atom stereocenters. The van der Waals surface area contributed by atoms with Crippen LogP contribution in [-0.4, -0.2) is 47.8 Å². The van der Waals surface area contributed by atoms with Crippen LogP contribution in [0, 0.1) is 13.8 Å². The second kappa shape index (κ2) is 8.29. The second-order valence-corrected chi connectivity index (χ2v) is 7.38. The van der Waals surface area contributed by atoms with E-state index in [1.54, 1.807) is 0 Å². The van der Waals surface area contributed by atoms with E-state index in [1.807, 2.05) is 62.4 Å². The topological polar surface area (TPSA) is 77.4 Å². The molecule has 2 aliphatic rings. The van der Waals surface area contributed by atoms with Crippen LogP contribution in [0.15, 0.2) is 48.5 Å². The summed E-state index contributed by atoms with van der Waals surface area (Å²) in [6.45, 7) is 3.96. The molecule has 2 aromatic carbocycles. The number of hydrogen-bond acceptors (Lipinski definition) is 6. The first-order chi connectivity index (χ1) is 13.6. The van der Waals surface area contributed by atoms with Crippen LogP contribution in [0.4, 0.5) is 0 Å². The average molecular weight is 386 g/mol. The standard InChI is InChI=1S/C22H26O6/c1-13-8-9-16(10-14(13)2)22-26-18-12-25-21(15-6-4-3-5-7-15)28-20(18)19(27-22)17(24)11-23/h3-10,17-24H,11-12H2,1-2H3. The molecule has 6 heteroatoms. The molecular formula is C22H26O6. The van der Waals surface area contributed by atoms with Gasteiger partial charge in [0.15, 0.2) is 12.6 Å². The number of fused-ring (bicyclic) bond motifs is 1. The molecule has 0 radical (unpaired) electrons. The highest BCUT2D eigenvalue weighted by molar-refractivity contribution is 5.30. The number of aliphatic hydroxyl groups is 2. The van der Waals surface area contributed by atoms with E-state index in [0.717, 1.165) is 16.7 Å². The molecule has 0 bridgehead atoms. The summed E-state index contributed by atoms with van der Waals surface area (Å²) in [4.78, 5) is 0. The highest BCUT2D eigenvalue weighted by Crippen LogP contribution is 2.39. The Bertz CT molecular complexity index is 795. The first-order valence-corrected chi connectivity index (χ1v) is 9.56. The van der Waals surface area contributed by atoms with Gasteiger partial charge in [0.25, 0.3) is 0 Å². The molecule has 2 aliphatic heterocycles. The zero-order chi connectivity index (χ0) is 19.7. The summed E-state index contributed by atoms with van der Waals surface area (Å²) in [5.74, 6) is 0. The van der Waals surface area contributed by atoms with Crippen LogP contribution in [0.3, 0.4) is 0 Å². The van der Waals surface area contributed by atoms with E-state index in [2.05, 4.69) is 0 Å². The third kappa shape index (κ3) is 3.85. The molecule has 2 saturated heterocycles. The molecule has 6 atom stereocenters. The molecule has 0 spiro atoms. The van der Waals surface area contributed by atoms with Crippen LogP contribution in [0.1, 0.15) is 34.8 Å². The molecule has 2 aromatic rings. The van der Waals surface area contributed by atoms with Crippen LogP contribution in [0.25, 0.3) is 0 Å². The Morgan fingerprint density at radius 1 is 0.929 bits per heavy atom. The number of rotatable bonds is 4. The van der Waals surface area contributed by atoms with Crippen LogP contribution in [0.2, 0.25) is 0 Å². The molecule has 0 aromatic heterocycles. The van der Waals surface area contributed by atoms with Crippen LogP contribution >= 0.6 is 0 Å². The molecule has 150 valence electrons. The summed E-state index contributed by atoms with van der Waals surface area (Å²) < 4.78 is 24.1. The summed E-state index contributed by atoms with van der Waals surface area (Å²) in [7, 11) is 0.